The summed E-state index contributed by atoms with van der Waals surface area (Å²) in [5.74, 6) is 0. The van der Waals surface area contributed by atoms with Gasteiger partial charge in [-0.2, -0.15) is 0 Å². The lowest BCUT2D eigenvalue weighted by atomic mass is 10.2. The van der Waals surface area contributed by atoms with Gasteiger partial charge in [0.25, 0.3) is 0 Å². The van der Waals surface area contributed by atoms with Gasteiger partial charge >= 0.3 is 0 Å². The maximum atomic E-state index is 9.20. The highest BCUT2D eigenvalue weighted by atomic mass is 16.3. The van der Waals surface area contributed by atoms with E-state index in [1.54, 1.807) is 6.92 Å². The zero-order chi connectivity index (χ0) is 9.89. The molecule has 0 aromatic carbocycles. The van der Waals surface area contributed by atoms with Crippen molar-refractivity contribution >= 4 is 0 Å². The van der Waals surface area contributed by atoms with Gasteiger partial charge in [0, 0.05) is 0 Å². The van der Waals surface area contributed by atoms with Crippen LogP contribution in [-0.4, -0.2) is 44.9 Å². The summed E-state index contributed by atoms with van der Waals surface area (Å²) in [6.07, 6.45) is -2.74. The smallest absolute Gasteiger partial charge is 0.118 e. The highest BCUT2D eigenvalue weighted by molar-refractivity contribution is 4.72. The van der Waals surface area contributed by atoms with Crippen molar-refractivity contribution in [2.24, 2.45) is 5.73 Å². The van der Waals surface area contributed by atoms with Crippen LogP contribution in [-0.2, 0) is 0 Å². The summed E-state index contributed by atoms with van der Waals surface area (Å²) in [5.41, 5.74) is 5.20. The van der Waals surface area contributed by atoms with Crippen molar-refractivity contribution in [3.63, 3.8) is 0 Å². The van der Waals surface area contributed by atoms with Crippen molar-refractivity contribution in [1.82, 2.24) is 4.90 Å². The second-order valence-electron chi connectivity index (χ2n) is 2.94. The molecule has 74 valence electrons. The van der Waals surface area contributed by atoms with Gasteiger partial charge in [-0.05, 0) is 20.8 Å². The van der Waals surface area contributed by atoms with E-state index in [1.165, 1.54) is 18.7 Å². The largest absolute Gasteiger partial charge is 0.379 e. The summed E-state index contributed by atoms with van der Waals surface area (Å²) in [5, 5.41) is 27.4. The Kier molecular flexibility index (Phi) is 4.66. The molecule has 0 saturated heterocycles. The minimum atomic E-state index is -1.07. The monoisotopic (exact) mass is 178 g/mol. The fourth-order valence-electron chi connectivity index (χ4n) is 1.17. The second-order valence-corrected chi connectivity index (χ2v) is 2.94. The summed E-state index contributed by atoms with van der Waals surface area (Å²) in [6.45, 7) is 4.64. The number of hydrogen-bond donors (Lipinski definition) is 4. The van der Waals surface area contributed by atoms with Crippen LogP contribution in [0.1, 0.15) is 20.8 Å². The third-order valence-electron chi connectivity index (χ3n) is 1.83. The molecule has 0 aromatic heterocycles. The molecule has 0 heterocycles. The van der Waals surface area contributed by atoms with Gasteiger partial charge in [-0.15, -0.1) is 0 Å². The van der Waals surface area contributed by atoms with Crippen LogP contribution in [0.25, 0.3) is 0 Å². The van der Waals surface area contributed by atoms with E-state index in [9.17, 15) is 10.2 Å². The average Bonchev–Trinajstić information content (AvgIpc) is 1.85. The van der Waals surface area contributed by atoms with Crippen LogP contribution >= 0.6 is 0 Å². The van der Waals surface area contributed by atoms with Gasteiger partial charge in [-0.25, -0.2) is 4.90 Å². The molecule has 5 N–H and O–H groups in total. The molecule has 0 rings (SSSR count). The van der Waals surface area contributed by atoms with Crippen LogP contribution in [0, 0.1) is 0 Å². The third kappa shape index (κ3) is 3.04. The Labute approximate surface area is 72.4 Å². The summed E-state index contributed by atoms with van der Waals surface area (Å²) >= 11 is 0. The van der Waals surface area contributed by atoms with Crippen molar-refractivity contribution in [1.29, 1.82) is 0 Å². The molecule has 4 atom stereocenters. The minimum absolute atomic E-state index is 0.481. The molecule has 4 unspecified atom stereocenters. The molecule has 0 saturated carbocycles. The van der Waals surface area contributed by atoms with Crippen molar-refractivity contribution < 1.29 is 15.3 Å². The SMILES string of the molecule is CC(O)N(C(C)O)C(C)C(N)O. The number of rotatable bonds is 4. The lowest BCUT2D eigenvalue weighted by Crippen LogP contribution is -2.53. The molecule has 0 fully saturated rings. The predicted octanol–water partition coefficient (Wildman–Crippen LogP) is -1.37. The molecule has 0 spiro atoms. The molecule has 0 amide bonds. The van der Waals surface area contributed by atoms with E-state index in [0.717, 1.165) is 0 Å². The maximum absolute atomic E-state index is 9.20. The highest BCUT2D eigenvalue weighted by Crippen LogP contribution is 2.08. The van der Waals surface area contributed by atoms with E-state index < -0.39 is 24.7 Å². The zero-order valence-electron chi connectivity index (χ0n) is 7.68. The normalized spacial score (nSPS) is 22.0. The Morgan fingerprint density at radius 2 is 1.33 bits per heavy atom. The zero-order valence-corrected chi connectivity index (χ0v) is 7.68. The lowest BCUT2D eigenvalue weighted by Gasteiger charge is -2.35. The molecular weight excluding hydrogens is 160 g/mol. The van der Waals surface area contributed by atoms with Crippen LogP contribution in [0.3, 0.4) is 0 Å². The molecule has 0 aliphatic heterocycles. The number of aliphatic hydroxyl groups is 3. The van der Waals surface area contributed by atoms with Gasteiger partial charge in [0.05, 0.1) is 6.04 Å². The Bertz CT molecular complexity index is 120. The predicted molar refractivity (Wildman–Crippen MR) is 44.9 cm³/mol. The fraction of sp³-hybridized carbons (Fsp3) is 1.00. The fourth-order valence-corrected chi connectivity index (χ4v) is 1.17. The molecule has 0 aliphatic carbocycles. The van der Waals surface area contributed by atoms with Gasteiger partial charge < -0.3 is 21.1 Å². The van der Waals surface area contributed by atoms with E-state index >= 15 is 0 Å². The quantitative estimate of drug-likeness (QED) is 0.399. The number of nitrogens with two attached hydrogens (primary N) is 1. The van der Waals surface area contributed by atoms with Gasteiger partial charge in [0.1, 0.15) is 18.7 Å². The third-order valence-corrected chi connectivity index (χ3v) is 1.83. The van der Waals surface area contributed by atoms with E-state index in [4.69, 9.17) is 10.8 Å². The van der Waals surface area contributed by atoms with Gasteiger partial charge in [-0.1, -0.05) is 0 Å². The van der Waals surface area contributed by atoms with E-state index in [1.807, 2.05) is 0 Å². The molecule has 12 heavy (non-hydrogen) atoms. The van der Waals surface area contributed by atoms with Crippen LogP contribution < -0.4 is 5.73 Å². The van der Waals surface area contributed by atoms with Crippen molar-refractivity contribution in [3.8, 4) is 0 Å². The molecule has 5 nitrogen and oxygen atoms in total. The summed E-state index contributed by atoms with van der Waals surface area (Å²) in [6, 6.07) is -0.481. The standard InChI is InChI=1S/C7H18N2O3/c1-4(7(8)12)9(5(2)10)6(3)11/h4-7,10-12H,8H2,1-3H3. The van der Waals surface area contributed by atoms with Crippen LogP contribution in [0.4, 0.5) is 0 Å². The first-order valence-corrected chi connectivity index (χ1v) is 3.95. The lowest BCUT2D eigenvalue weighted by molar-refractivity contribution is -0.127. The maximum Gasteiger partial charge on any atom is 0.118 e. The van der Waals surface area contributed by atoms with Gasteiger partial charge in [0.2, 0.25) is 0 Å². The van der Waals surface area contributed by atoms with E-state index in [-0.39, 0.29) is 0 Å². The first kappa shape index (κ1) is 11.8. The number of aliphatic hydroxyl groups excluding tert-OH is 3. The van der Waals surface area contributed by atoms with E-state index in [0.29, 0.717) is 0 Å². The summed E-state index contributed by atoms with van der Waals surface area (Å²) in [4.78, 5) is 1.31. The van der Waals surface area contributed by atoms with Crippen LogP contribution in [0.2, 0.25) is 0 Å². The molecule has 0 bridgehead atoms. The summed E-state index contributed by atoms with van der Waals surface area (Å²) in [7, 11) is 0. The highest BCUT2D eigenvalue weighted by Gasteiger charge is 2.25. The first-order valence-electron chi connectivity index (χ1n) is 3.95. The van der Waals surface area contributed by atoms with Crippen molar-refractivity contribution in [2.45, 2.75) is 45.5 Å². The van der Waals surface area contributed by atoms with Gasteiger partial charge in [0.15, 0.2) is 0 Å². The van der Waals surface area contributed by atoms with Crippen LogP contribution in [0.5, 0.6) is 0 Å². The Morgan fingerprint density at radius 3 is 1.42 bits per heavy atom. The molecule has 0 aliphatic rings. The summed E-state index contributed by atoms with van der Waals surface area (Å²) < 4.78 is 0. The molecule has 5 heteroatoms. The molecule has 0 aromatic rings. The van der Waals surface area contributed by atoms with Crippen molar-refractivity contribution in [3.05, 3.63) is 0 Å². The Morgan fingerprint density at radius 1 is 1.00 bits per heavy atom. The Balaban J connectivity index is 4.30. The first-order chi connectivity index (χ1) is 5.37. The number of nitrogens with zero attached hydrogens (tertiary/aromatic N) is 1. The topological polar surface area (TPSA) is 90.0 Å². The van der Waals surface area contributed by atoms with Crippen molar-refractivity contribution in [2.75, 3.05) is 0 Å². The number of hydrogen-bond acceptors (Lipinski definition) is 5. The van der Waals surface area contributed by atoms with E-state index in [2.05, 4.69) is 0 Å². The van der Waals surface area contributed by atoms with Crippen LogP contribution in [0.15, 0.2) is 0 Å². The minimum Gasteiger partial charge on any atom is -0.379 e. The Hall–Kier alpha value is -0.200. The average molecular weight is 178 g/mol. The molecule has 0 radical (unpaired) electrons. The van der Waals surface area contributed by atoms with Gasteiger partial charge in [-0.3, -0.25) is 0 Å². The molecular formula is C7H18N2O3. The second kappa shape index (κ2) is 4.74.